The number of benzene rings is 1. The average molecular weight is 303 g/mol. The molecule has 1 aromatic carbocycles. The summed E-state index contributed by atoms with van der Waals surface area (Å²) in [5.74, 6) is 0.0859. The summed E-state index contributed by atoms with van der Waals surface area (Å²) in [4.78, 5) is 14.4. The van der Waals surface area contributed by atoms with Crippen LogP contribution in [0.25, 0.3) is 0 Å². The van der Waals surface area contributed by atoms with Gasteiger partial charge in [0.25, 0.3) is 5.91 Å². The molecule has 3 rings (SSSR count). The molecule has 0 aliphatic carbocycles. The predicted octanol–water partition coefficient (Wildman–Crippen LogP) is 2.16. The van der Waals surface area contributed by atoms with Crippen molar-refractivity contribution >= 4 is 5.91 Å². The monoisotopic (exact) mass is 303 g/mol. The molecule has 0 N–H and O–H groups in total. The first-order chi connectivity index (χ1) is 10.6. The van der Waals surface area contributed by atoms with E-state index >= 15 is 0 Å². The van der Waals surface area contributed by atoms with Crippen molar-refractivity contribution in [1.82, 2.24) is 14.7 Å². The highest BCUT2D eigenvalue weighted by Crippen LogP contribution is 2.25. The summed E-state index contributed by atoms with van der Waals surface area (Å²) in [6.45, 7) is 3.21. The SMILES string of the molecule is CCc1cc(C(=O)N2CCOc3cc(F)ccc3C2)n(C)n1. The lowest BCUT2D eigenvalue weighted by Gasteiger charge is -2.19. The van der Waals surface area contributed by atoms with Gasteiger partial charge >= 0.3 is 0 Å². The van der Waals surface area contributed by atoms with Crippen LogP contribution in [0.5, 0.6) is 5.75 Å². The molecule has 2 aromatic rings. The molecule has 2 heterocycles. The number of carbonyl (C=O) groups excluding carboxylic acids is 1. The Morgan fingerprint density at radius 1 is 1.41 bits per heavy atom. The Bertz CT molecular complexity index is 711. The van der Waals surface area contributed by atoms with Crippen LogP contribution in [0.15, 0.2) is 24.3 Å². The zero-order valence-electron chi connectivity index (χ0n) is 12.7. The van der Waals surface area contributed by atoms with E-state index in [4.69, 9.17) is 4.74 Å². The maximum Gasteiger partial charge on any atom is 0.272 e. The minimum absolute atomic E-state index is 0.0875. The number of rotatable bonds is 2. The number of carbonyl (C=O) groups is 1. The Balaban J connectivity index is 1.86. The molecular weight excluding hydrogens is 285 g/mol. The molecule has 0 saturated heterocycles. The highest BCUT2D eigenvalue weighted by molar-refractivity contribution is 5.92. The van der Waals surface area contributed by atoms with Gasteiger partial charge in [-0.1, -0.05) is 13.0 Å². The molecule has 5 nitrogen and oxygen atoms in total. The third-order valence-corrected chi connectivity index (χ3v) is 3.81. The number of amides is 1. The zero-order chi connectivity index (χ0) is 15.7. The van der Waals surface area contributed by atoms with Crippen molar-refractivity contribution in [1.29, 1.82) is 0 Å². The Morgan fingerprint density at radius 2 is 2.23 bits per heavy atom. The number of nitrogens with zero attached hydrogens (tertiary/aromatic N) is 3. The van der Waals surface area contributed by atoms with Gasteiger partial charge in [-0.3, -0.25) is 9.48 Å². The lowest BCUT2D eigenvalue weighted by Crippen LogP contribution is -2.33. The van der Waals surface area contributed by atoms with Crippen LogP contribution >= 0.6 is 0 Å². The molecule has 0 bridgehead atoms. The van der Waals surface area contributed by atoms with Gasteiger partial charge in [0.05, 0.1) is 12.2 Å². The largest absolute Gasteiger partial charge is 0.491 e. The van der Waals surface area contributed by atoms with Crippen LogP contribution in [0, 0.1) is 5.82 Å². The molecule has 0 saturated carbocycles. The minimum atomic E-state index is -0.335. The van der Waals surface area contributed by atoms with Crippen molar-refractivity contribution in [3.05, 3.63) is 47.0 Å². The Kier molecular flexibility index (Phi) is 3.83. The van der Waals surface area contributed by atoms with E-state index in [2.05, 4.69) is 5.10 Å². The van der Waals surface area contributed by atoms with Crippen LogP contribution in [0.2, 0.25) is 0 Å². The second kappa shape index (κ2) is 5.79. The van der Waals surface area contributed by atoms with Crippen molar-refractivity contribution in [2.24, 2.45) is 7.05 Å². The fourth-order valence-electron chi connectivity index (χ4n) is 2.58. The quantitative estimate of drug-likeness (QED) is 0.854. The Morgan fingerprint density at radius 3 is 2.95 bits per heavy atom. The maximum absolute atomic E-state index is 13.3. The van der Waals surface area contributed by atoms with E-state index < -0.39 is 0 Å². The first kappa shape index (κ1) is 14.6. The number of ether oxygens (including phenoxy) is 1. The molecule has 0 spiro atoms. The third-order valence-electron chi connectivity index (χ3n) is 3.81. The summed E-state index contributed by atoms with van der Waals surface area (Å²) in [5.41, 5.74) is 2.26. The topological polar surface area (TPSA) is 47.4 Å². The van der Waals surface area contributed by atoms with E-state index in [1.54, 1.807) is 22.7 Å². The van der Waals surface area contributed by atoms with Gasteiger partial charge in [-0.2, -0.15) is 5.10 Å². The summed E-state index contributed by atoms with van der Waals surface area (Å²) in [7, 11) is 1.77. The van der Waals surface area contributed by atoms with Gasteiger partial charge in [-0.05, 0) is 18.6 Å². The fraction of sp³-hybridized carbons (Fsp3) is 0.375. The van der Waals surface area contributed by atoms with Crippen molar-refractivity contribution in [3.8, 4) is 5.75 Å². The lowest BCUT2D eigenvalue weighted by molar-refractivity contribution is 0.0722. The average Bonchev–Trinajstić information content (AvgIpc) is 2.75. The summed E-state index contributed by atoms with van der Waals surface area (Å²) in [6.07, 6.45) is 0.784. The van der Waals surface area contributed by atoms with E-state index in [1.807, 2.05) is 13.0 Å². The highest BCUT2D eigenvalue weighted by atomic mass is 19.1. The van der Waals surface area contributed by atoms with E-state index in [0.717, 1.165) is 17.7 Å². The van der Waals surface area contributed by atoms with Crippen molar-refractivity contribution in [3.63, 3.8) is 0 Å². The number of hydrogen-bond donors (Lipinski definition) is 0. The van der Waals surface area contributed by atoms with Gasteiger partial charge in [0.15, 0.2) is 0 Å². The molecule has 1 aliphatic rings. The van der Waals surface area contributed by atoms with Gasteiger partial charge in [0.2, 0.25) is 0 Å². The lowest BCUT2D eigenvalue weighted by atomic mass is 10.2. The fourth-order valence-corrected chi connectivity index (χ4v) is 2.58. The molecule has 0 radical (unpaired) electrons. The first-order valence-electron chi connectivity index (χ1n) is 7.32. The first-order valence-corrected chi connectivity index (χ1v) is 7.32. The van der Waals surface area contributed by atoms with E-state index in [1.165, 1.54) is 12.1 Å². The van der Waals surface area contributed by atoms with Gasteiger partial charge in [-0.15, -0.1) is 0 Å². The van der Waals surface area contributed by atoms with Crippen molar-refractivity contribution in [2.45, 2.75) is 19.9 Å². The summed E-state index contributed by atoms with van der Waals surface area (Å²) < 4.78 is 20.4. The number of halogens is 1. The van der Waals surface area contributed by atoms with Gasteiger partial charge < -0.3 is 9.64 Å². The standard InChI is InChI=1S/C16H18FN3O2/c1-3-13-9-14(19(2)18-13)16(21)20-6-7-22-15-8-12(17)5-4-11(15)10-20/h4-5,8-9H,3,6-7,10H2,1-2H3. The third kappa shape index (κ3) is 2.68. The van der Waals surface area contributed by atoms with Gasteiger partial charge in [0, 0.05) is 25.2 Å². The molecule has 0 unspecified atom stereocenters. The number of aryl methyl sites for hydroxylation is 2. The molecule has 1 amide bonds. The van der Waals surface area contributed by atoms with Crippen LogP contribution in [0.4, 0.5) is 4.39 Å². The van der Waals surface area contributed by atoms with Crippen LogP contribution in [-0.4, -0.2) is 33.7 Å². The molecule has 1 aliphatic heterocycles. The van der Waals surface area contributed by atoms with Crippen LogP contribution < -0.4 is 4.74 Å². The second-order valence-electron chi connectivity index (χ2n) is 5.33. The molecule has 6 heteroatoms. The Hall–Kier alpha value is -2.37. The number of aromatic nitrogens is 2. The van der Waals surface area contributed by atoms with Gasteiger partial charge in [0.1, 0.15) is 23.9 Å². The molecule has 1 aromatic heterocycles. The second-order valence-corrected chi connectivity index (χ2v) is 5.33. The van der Waals surface area contributed by atoms with E-state index in [-0.39, 0.29) is 11.7 Å². The minimum Gasteiger partial charge on any atom is -0.491 e. The summed E-state index contributed by atoms with van der Waals surface area (Å²) >= 11 is 0. The van der Waals surface area contributed by atoms with Crippen LogP contribution in [-0.2, 0) is 20.0 Å². The highest BCUT2D eigenvalue weighted by Gasteiger charge is 2.23. The van der Waals surface area contributed by atoms with E-state index in [0.29, 0.717) is 31.1 Å². The zero-order valence-corrected chi connectivity index (χ0v) is 12.7. The van der Waals surface area contributed by atoms with Crippen LogP contribution in [0.3, 0.4) is 0 Å². The maximum atomic E-state index is 13.3. The van der Waals surface area contributed by atoms with Crippen molar-refractivity contribution in [2.75, 3.05) is 13.2 Å². The molecular formula is C16H18FN3O2. The summed E-state index contributed by atoms with van der Waals surface area (Å²) in [6, 6.07) is 6.23. The molecule has 0 atom stereocenters. The Labute approximate surface area is 128 Å². The number of hydrogen-bond acceptors (Lipinski definition) is 3. The van der Waals surface area contributed by atoms with Gasteiger partial charge in [-0.25, -0.2) is 4.39 Å². The normalized spacial score (nSPS) is 14.2. The molecule has 0 fully saturated rings. The predicted molar refractivity (Wildman–Crippen MR) is 79.2 cm³/mol. The van der Waals surface area contributed by atoms with Crippen molar-refractivity contribution < 1.29 is 13.9 Å². The van der Waals surface area contributed by atoms with Crippen LogP contribution in [0.1, 0.15) is 28.7 Å². The van der Waals surface area contributed by atoms with E-state index in [9.17, 15) is 9.18 Å². The smallest absolute Gasteiger partial charge is 0.272 e. The molecule has 116 valence electrons. The molecule has 22 heavy (non-hydrogen) atoms. The summed E-state index contributed by atoms with van der Waals surface area (Å²) in [5, 5.41) is 4.31. The number of fused-ring (bicyclic) bond motifs is 1.